The largest absolute Gasteiger partial charge is 0.382 e. The standard InChI is InChI=1S/C53H46N2/c1-42(14-6-5-13-41-54-50-15-7-2-8-16-50)47-33-25-43(26-34-47)21-22-44-27-35-48(36-28-44)49-37-29-45(30-38-49)23-24-46-31-39-53(40-32-46)55(51-17-9-3-10-18-51)52-19-11-4-12-20-52/h2-40,42,54H,41H2,1H3/b13-5-,14-6-,22-21+,24-23+. The lowest BCUT2D eigenvalue weighted by Gasteiger charge is -2.25. The second-order valence-electron chi connectivity index (χ2n) is 13.5. The number of para-hydroxylation sites is 3. The van der Waals surface area contributed by atoms with E-state index < -0.39 is 0 Å². The zero-order valence-corrected chi connectivity index (χ0v) is 31.2. The van der Waals surface area contributed by atoms with Crippen LogP contribution >= 0.6 is 0 Å². The lowest BCUT2D eigenvalue weighted by atomic mass is 9.99. The van der Waals surface area contributed by atoms with Crippen LogP contribution in [0.4, 0.5) is 22.7 Å². The molecule has 7 aromatic rings. The predicted octanol–water partition coefficient (Wildman–Crippen LogP) is 14.5. The summed E-state index contributed by atoms with van der Waals surface area (Å²) in [5.41, 5.74) is 12.9. The molecule has 0 aliphatic carbocycles. The summed E-state index contributed by atoms with van der Waals surface area (Å²) < 4.78 is 0. The molecule has 0 amide bonds. The van der Waals surface area contributed by atoms with Crippen LogP contribution in [0.1, 0.15) is 40.7 Å². The molecule has 7 aromatic carbocycles. The highest BCUT2D eigenvalue weighted by Crippen LogP contribution is 2.34. The zero-order valence-electron chi connectivity index (χ0n) is 31.2. The number of nitrogens with one attached hydrogen (secondary N) is 1. The van der Waals surface area contributed by atoms with E-state index in [0.29, 0.717) is 5.92 Å². The first-order valence-corrected chi connectivity index (χ1v) is 19.0. The van der Waals surface area contributed by atoms with Gasteiger partial charge in [-0.25, -0.2) is 0 Å². The minimum absolute atomic E-state index is 0.345. The smallest absolute Gasteiger partial charge is 0.0462 e. The van der Waals surface area contributed by atoms with Crippen molar-refractivity contribution in [2.75, 3.05) is 16.8 Å². The molecule has 0 radical (unpaired) electrons. The van der Waals surface area contributed by atoms with Crippen LogP contribution in [-0.4, -0.2) is 6.54 Å². The summed E-state index contributed by atoms with van der Waals surface area (Å²) in [5.74, 6) is 0.345. The Labute approximate surface area is 326 Å². The molecule has 7 rings (SSSR count). The first-order chi connectivity index (χ1) is 27.2. The van der Waals surface area contributed by atoms with Crippen molar-refractivity contribution >= 4 is 47.1 Å². The van der Waals surface area contributed by atoms with E-state index >= 15 is 0 Å². The van der Waals surface area contributed by atoms with Crippen molar-refractivity contribution in [3.8, 4) is 11.1 Å². The van der Waals surface area contributed by atoms with E-state index in [2.05, 4.69) is 236 Å². The second kappa shape index (κ2) is 18.7. The van der Waals surface area contributed by atoms with Crippen molar-refractivity contribution in [3.63, 3.8) is 0 Å². The summed E-state index contributed by atoms with van der Waals surface area (Å²) in [6, 6.07) is 66.3. The van der Waals surface area contributed by atoms with Crippen LogP contribution in [0, 0.1) is 0 Å². The molecule has 2 nitrogen and oxygen atoms in total. The van der Waals surface area contributed by atoms with Crippen LogP contribution in [0.2, 0.25) is 0 Å². The van der Waals surface area contributed by atoms with Gasteiger partial charge in [-0.15, -0.1) is 0 Å². The molecule has 1 unspecified atom stereocenters. The second-order valence-corrected chi connectivity index (χ2v) is 13.5. The summed E-state index contributed by atoms with van der Waals surface area (Å²) in [5, 5.41) is 3.39. The van der Waals surface area contributed by atoms with Crippen molar-refractivity contribution in [1.29, 1.82) is 0 Å². The first kappa shape index (κ1) is 36.5. The Kier molecular flexibility index (Phi) is 12.4. The average molecular weight is 711 g/mol. The summed E-state index contributed by atoms with van der Waals surface area (Å²) in [6.45, 7) is 3.04. The number of rotatable bonds is 14. The molecule has 1 N–H and O–H groups in total. The normalized spacial score (nSPS) is 12.2. The Morgan fingerprint density at radius 1 is 0.436 bits per heavy atom. The lowest BCUT2D eigenvalue weighted by Crippen LogP contribution is -2.09. The van der Waals surface area contributed by atoms with Crippen LogP contribution in [0.15, 0.2) is 212 Å². The van der Waals surface area contributed by atoms with Gasteiger partial charge in [0.25, 0.3) is 0 Å². The SMILES string of the molecule is CC(/C=C\C=C/CNc1ccccc1)c1ccc(/C=C/c2ccc(-c3ccc(/C=C/c4ccc(N(c5ccccc5)c5ccccc5)cc4)cc3)cc2)cc1. The van der Waals surface area contributed by atoms with Crippen LogP contribution in [0.3, 0.4) is 0 Å². The number of allylic oxidation sites excluding steroid dienone is 3. The number of anilines is 4. The Balaban J connectivity index is 0.905. The van der Waals surface area contributed by atoms with Crippen LogP contribution in [0.25, 0.3) is 35.4 Å². The monoisotopic (exact) mass is 710 g/mol. The average Bonchev–Trinajstić information content (AvgIpc) is 3.25. The van der Waals surface area contributed by atoms with Gasteiger partial charge in [-0.2, -0.15) is 0 Å². The number of hydrogen-bond acceptors (Lipinski definition) is 2. The third-order valence-corrected chi connectivity index (χ3v) is 9.58. The molecule has 0 aliphatic rings. The maximum absolute atomic E-state index is 3.39. The third-order valence-electron chi connectivity index (χ3n) is 9.58. The van der Waals surface area contributed by atoms with E-state index in [1.54, 1.807) is 0 Å². The minimum atomic E-state index is 0.345. The third kappa shape index (κ3) is 10.4. The molecule has 55 heavy (non-hydrogen) atoms. The van der Waals surface area contributed by atoms with Crippen molar-refractivity contribution in [2.45, 2.75) is 12.8 Å². The molecular formula is C53H46N2. The van der Waals surface area contributed by atoms with E-state index in [1.807, 2.05) is 18.2 Å². The summed E-state index contributed by atoms with van der Waals surface area (Å²) in [7, 11) is 0. The quantitative estimate of drug-likeness (QED) is 0.0893. The molecule has 2 heteroatoms. The molecule has 0 saturated carbocycles. The van der Waals surface area contributed by atoms with Crippen LogP contribution in [0.5, 0.6) is 0 Å². The molecule has 0 aromatic heterocycles. The fourth-order valence-electron chi connectivity index (χ4n) is 6.43. The van der Waals surface area contributed by atoms with Gasteiger partial charge in [-0.3, -0.25) is 0 Å². The lowest BCUT2D eigenvalue weighted by molar-refractivity contribution is 0.967. The Morgan fingerprint density at radius 3 is 1.31 bits per heavy atom. The summed E-state index contributed by atoms with van der Waals surface area (Å²) >= 11 is 0. The zero-order chi connectivity index (χ0) is 37.5. The van der Waals surface area contributed by atoms with Gasteiger partial charge < -0.3 is 10.2 Å². The summed E-state index contributed by atoms with van der Waals surface area (Å²) in [6.07, 6.45) is 17.3. The molecular weight excluding hydrogens is 665 g/mol. The molecule has 0 fully saturated rings. The van der Waals surface area contributed by atoms with Crippen molar-refractivity contribution in [2.24, 2.45) is 0 Å². The fraction of sp³-hybridized carbons (Fsp3) is 0.0566. The molecule has 0 bridgehead atoms. The van der Waals surface area contributed by atoms with E-state index in [4.69, 9.17) is 0 Å². The number of hydrogen-bond donors (Lipinski definition) is 1. The number of nitrogens with zero attached hydrogens (tertiary/aromatic N) is 1. The molecule has 0 aliphatic heterocycles. The van der Waals surface area contributed by atoms with E-state index in [9.17, 15) is 0 Å². The van der Waals surface area contributed by atoms with Crippen molar-refractivity contribution in [3.05, 3.63) is 240 Å². The van der Waals surface area contributed by atoms with Crippen molar-refractivity contribution < 1.29 is 0 Å². The van der Waals surface area contributed by atoms with E-state index in [1.165, 1.54) is 33.4 Å². The summed E-state index contributed by atoms with van der Waals surface area (Å²) in [4.78, 5) is 2.28. The highest BCUT2D eigenvalue weighted by atomic mass is 15.1. The highest BCUT2D eigenvalue weighted by Gasteiger charge is 2.11. The number of benzene rings is 7. The topological polar surface area (TPSA) is 15.3 Å². The molecule has 0 saturated heterocycles. The van der Waals surface area contributed by atoms with Gasteiger partial charge in [0.15, 0.2) is 0 Å². The fourth-order valence-corrected chi connectivity index (χ4v) is 6.43. The van der Waals surface area contributed by atoms with Gasteiger partial charge in [0, 0.05) is 29.3 Å². The van der Waals surface area contributed by atoms with Gasteiger partial charge in [0.05, 0.1) is 0 Å². The van der Waals surface area contributed by atoms with Gasteiger partial charge in [-0.05, 0) is 93.4 Å². The Morgan fingerprint density at radius 2 is 0.836 bits per heavy atom. The maximum atomic E-state index is 3.39. The first-order valence-electron chi connectivity index (χ1n) is 19.0. The molecule has 0 spiro atoms. The predicted molar refractivity (Wildman–Crippen MR) is 239 cm³/mol. The molecule has 268 valence electrons. The van der Waals surface area contributed by atoms with Gasteiger partial charge >= 0.3 is 0 Å². The van der Waals surface area contributed by atoms with Crippen molar-refractivity contribution in [1.82, 2.24) is 0 Å². The van der Waals surface area contributed by atoms with Crippen LogP contribution in [-0.2, 0) is 0 Å². The Hall–Kier alpha value is -6.90. The maximum Gasteiger partial charge on any atom is 0.0462 e. The van der Waals surface area contributed by atoms with E-state index in [-0.39, 0.29) is 0 Å². The van der Waals surface area contributed by atoms with Gasteiger partial charge in [-0.1, -0.05) is 195 Å². The Bertz CT molecular complexity index is 2280. The van der Waals surface area contributed by atoms with Gasteiger partial charge in [0.1, 0.15) is 0 Å². The molecule has 0 heterocycles. The highest BCUT2D eigenvalue weighted by molar-refractivity contribution is 5.79. The van der Waals surface area contributed by atoms with E-state index in [0.717, 1.165) is 34.9 Å². The minimum Gasteiger partial charge on any atom is -0.382 e. The van der Waals surface area contributed by atoms with Crippen LogP contribution < -0.4 is 10.2 Å². The molecule has 1 atom stereocenters. The van der Waals surface area contributed by atoms with Gasteiger partial charge in [0.2, 0.25) is 0 Å².